The number of ether oxygens (including phenoxy) is 2. The summed E-state index contributed by atoms with van der Waals surface area (Å²) in [6, 6.07) is 0. The van der Waals surface area contributed by atoms with E-state index in [-0.39, 0.29) is 16.9 Å². The zero-order valence-corrected chi connectivity index (χ0v) is 9.99. The second-order valence-electron chi connectivity index (χ2n) is 3.67. The number of carbonyl (C=O) groups is 2. The van der Waals surface area contributed by atoms with Crippen LogP contribution in [0.5, 0.6) is 0 Å². The summed E-state index contributed by atoms with van der Waals surface area (Å²) < 4.78 is 9.17. The molecule has 0 heterocycles. The van der Waals surface area contributed by atoms with Crippen molar-refractivity contribution >= 4 is 11.9 Å². The molecule has 0 saturated carbocycles. The van der Waals surface area contributed by atoms with Crippen LogP contribution < -0.4 is 0 Å². The second kappa shape index (κ2) is 6.08. The minimum Gasteiger partial charge on any atom is -0.511 e. The molecule has 0 unspecified atom stereocenters. The van der Waals surface area contributed by atoms with Gasteiger partial charge >= 0.3 is 11.9 Å². The fourth-order valence-electron chi connectivity index (χ4n) is 1.69. The molecule has 5 heteroatoms. The summed E-state index contributed by atoms with van der Waals surface area (Å²) in [6.07, 6.45) is 4.24. The summed E-state index contributed by atoms with van der Waals surface area (Å²) in [4.78, 5) is 23.1. The van der Waals surface area contributed by atoms with Crippen LogP contribution in [0.2, 0.25) is 0 Å². The van der Waals surface area contributed by atoms with Crippen molar-refractivity contribution in [2.75, 3.05) is 14.2 Å². The number of hydrogen-bond acceptors (Lipinski definition) is 5. The number of rotatable bonds is 2. The van der Waals surface area contributed by atoms with Crippen LogP contribution in [0, 0.1) is 0 Å². The van der Waals surface area contributed by atoms with Crippen LogP contribution >= 0.6 is 0 Å². The highest BCUT2D eigenvalue weighted by Gasteiger charge is 2.26. The molecule has 0 aliphatic heterocycles. The van der Waals surface area contributed by atoms with E-state index in [4.69, 9.17) is 0 Å². The quantitative estimate of drug-likeness (QED) is 0.743. The number of esters is 2. The van der Waals surface area contributed by atoms with Gasteiger partial charge in [0.1, 0.15) is 11.3 Å². The number of allylic oxidation sites excluding steroid dienone is 2. The van der Waals surface area contributed by atoms with E-state index in [2.05, 4.69) is 9.47 Å². The molecule has 1 rings (SSSR count). The lowest BCUT2D eigenvalue weighted by Gasteiger charge is -2.14. The van der Waals surface area contributed by atoms with Gasteiger partial charge in [-0.25, -0.2) is 9.59 Å². The number of hydrogen-bond donors (Lipinski definition) is 1. The van der Waals surface area contributed by atoms with Gasteiger partial charge in [-0.2, -0.15) is 0 Å². The third kappa shape index (κ3) is 3.09. The van der Waals surface area contributed by atoms with Crippen molar-refractivity contribution < 1.29 is 24.2 Å². The monoisotopic (exact) mass is 240 g/mol. The van der Waals surface area contributed by atoms with E-state index < -0.39 is 11.9 Å². The highest BCUT2D eigenvalue weighted by Crippen LogP contribution is 2.24. The van der Waals surface area contributed by atoms with Crippen LogP contribution in [-0.4, -0.2) is 31.3 Å². The first kappa shape index (κ1) is 13.3. The Hall–Kier alpha value is -1.78. The van der Waals surface area contributed by atoms with Gasteiger partial charge in [-0.15, -0.1) is 0 Å². The maximum atomic E-state index is 11.6. The summed E-state index contributed by atoms with van der Waals surface area (Å²) in [5.41, 5.74) is -0.00407. The molecule has 0 atom stereocenters. The Labute approximate surface area is 99.7 Å². The first-order chi connectivity index (χ1) is 8.11. The zero-order chi connectivity index (χ0) is 12.8. The predicted molar refractivity (Wildman–Crippen MR) is 60.2 cm³/mol. The molecular weight excluding hydrogens is 224 g/mol. The minimum absolute atomic E-state index is 0.0801. The summed E-state index contributed by atoms with van der Waals surface area (Å²) in [5.74, 6) is -1.48. The molecule has 17 heavy (non-hydrogen) atoms. The van der Waals surface area contributed by atoms with Gasteiger partial charge in [-0.3, -0.25) is 0 Å². The Morgan fingerprint density at radius 3 is 2.41 bits per heavy atom. The standard InChI is InChI=1S/C12H16O5/c1-16-11(14)8-6-4-3-5-7-9(13)10(8)12(15)17-2/h6,13H,3-5,7H2,1-2H3/b8-6?,10-9-. The van der Waals surface area contributed by atoms with Crippen LogP contribution in [0.15, 0.2) is 23.0 Å². The van der Waals surface area contributed by atoms with Crippen molar-refractivity contribution in [2.45, 2.75) is 25.7 Å². The van der Waals surface area contributed by atoms with Crippen molar-refractivity contribution in [3.8, 4) is 0 Å². The number of methoxy groups -OCH3 is 2. The lowest BCUT2D eigenvalue weighted by atomic mass is 9.97. The molecule has 0 spiro atoms. The van der Waals surface area contributed by atoms with Gasteiger partial charge in [0.15, 0.2) is 0 Å². The topological polar surface area (TPSA) is 72.8 Å². The molecule has 1 aliphatic carbocycles. The van der Waals surface area contributed by atoms with Crippen molar-refractivity contribution in [2.24, 2.45) is 0 Å². The molecule has 1 aliphatic rings. The SMILES string of the molecule is COC(=O)C1=CCCCC/C(O)=C\1C(=O)OC. The number of aliphatic hydroxyl groups excluding tert-OH is 1. The van der Waals surface area contributed by atoms with Gasteiger partial charge in [-0.05, 0) is 19.3 Å². The van der Waals surface area contributed by atoms with E-state index in [1.807, 2.05) is 0 Å². The molecule has 94 valence electrons. The molecule has 5 nitrogen and oxygen atoms in total. The first-order valence-electron chi connectivity index (χ1n) is 5.41. The fraction of sp³-hybridized carbons (Fsp3) is 0.500. The highest BCUT2D eigenvalue weighted by molar-refractivity contribution is 6.07. The van der Waals surface area contributed by atoms with Crippen molar-refractivity contribution in [1.82, 2.24) is 0 Å². The van der Waals surface area contributed by atoms with Gasteiger partial charge in [0.25, 0.3) is 0 Å². The smallest absolute Gasteiger partial charge is 0.342 e. The largest absolute Gasteiger partial charge is 0.511 e. The van der Waals surface area contributed by atoms with E-state index in [1.54, 1.807) is 6.08 Å². The maximum absolute atomic E-state index is 11.6. The van der Waals surface area contributed by atoms with E-state index >= 15 is 0 Å². The third-order valence-corrected chi connectivity index (χ3v) is 2.57. The van der Waals surface area contributed by atoms with E-state index in [9.17, 15) is 14.7 Å². The Morgan fingerprint density at radius 1 is 1.18 bits per heavy atom. The van der Waals surface area contributed by atoms with Crippen LogP contribution in [0.4, 0.5) is 0 Å². The summed E-state index contributed by atoms with van der Waals surface area (Å²) in [7, 11) is 2.43. The maximum Gasteiger partial charge on any atom is 0.342 e. The zero-order valence-electron chi connectivity index (χ0n) is 9.99. The summed E-state index contributed by atoms with van der Waals surface area (Å²) in [6.45, 7) is 0. The molecule has 0 fully saturated rings. The van der Waals surface area contributed by atoms with E-state index in [1.165, 1.54) is 14.2 Å². The average Bonchev–Trinajstić information content (AvgIpc) is 2.32. The lowest BCUT2D eigenvalue weighted by Crippen LogP contribution is -2.18. The summed E-state index contributed by atoms with van der Waals surface area (Å²) >= 11 is 0. The van der Waals surface area contributed by atoms with Gasteiger partial charge in [0.2, 0.25) is 0 Å². The van der Waals surface area contributed by atoms with Crippen LogP contribution in [-0.2, 0) is 19.1 Å². The molecule has 0 aromatic heterocycles. The molecular formula is C12H16O5. The molecule has 0 amide bonds. The predicted octanol–water partition coefficient (Wildman–Crippen LogP) is 1.64. The van der Waals surface area contributed by atoms with Crippen molar-refractivity contribution in [1.29, 1.82) is 0 Å². The van der Waals surface area contributed by atoms with E-state index in [0.717, 1.165) is 12.8 Å². The Balaban J connectivity index is 3.21. The van der Waals surface area contributed by atoms with Gasteiger partial charge in [0, 0.05) is 6.42 Å². The normalized spacial score (nSPS) is 20.9. The van der Waals surface area contributed by atoms with Crippen LogP contribution in [0.25, 0.3) is 0 Å². The van der Waals surface area contributed by atoms with Crippen LogP contribution in [0.3, 0.4) is 0 Å². The van der Waals surface area contributed by atoms with E-state index in [0.29, 0.717) is 12.8 Å². The second-order valence-corrected chi connectivity index (χ2v) is 3.67. The van der Waals surface area contributed by atoms with Gasteiger partial charge in [-0.1, -0.05) is 6.08 Å². The molecule has 0 radical (unpaired) electrons. The average molecular weight is 240 g/mol. The van der Waals surface area contributed by atoms with Crippen molar-refractivity contribution in [3.63, 3.8) is 0 Å². The number of aliphatic hydroxyl groups is 1. The van der Waals surface area contributed by atoms with Crippen molar-refractivity contribution in [3.05, 3.63) is 23.0 Å². The van der Waals surface area contributed by atoms with Gasteiger partial charge in [0.05, 0.1) is 19.8 Å². The van der Waals surface area contributed by atoms with Gasteiger partial charge < -0.3 is 14.6 Å². The minimum atomic E-state index is -0.721. The molecule has 0 bridgehead atoms. The number of carbonyl (C=O) groups excluding carboxylic acids is 2. The third-order valence-electron chi connectivity index (χ3n) is 2.57. The molecule has 0 aromatic carbocycles. The Morgan fingerprint density at radius 2 is 1.82 bits per heavy atom. The molecule has 0 aromatic rings. The fourth-order valence-corrected chi connectivity index (χ4v) is 1.69. The summed E-state index contributed by atoms with van der Waals surface area (Å²) in [5, 5.41) is 9.82. The molecule has 0 saturated heterocycles. The highest BCUT2D eigenvalue weighted by atomic mass is 16.5. The molecule has 1 N–H and O–H groups in total. The lowest BCUT2D eigenvalue weighted by molar-refractivity contribution is -0.139. The Bertz CT molecular complexity index is 378. The Kier molecular flexibility index (Phi) is 4.75. The first-order valence-corrected chi connectivity index (χ1v) is 5.41. The van der Waals surface area contributed by atoms with Crippen LogP contribution in [0.1, 0.15) is 25.7 Å².